The van der Waals surface area contributed by atoms with Crippen molar-refractivity contribution in [2.24, 2.45) is 14.1 Å². The lowest BCUT2D eigenvalue weighted by Crippen LogP contribution is -2.37. The van der Waals surface area contributed by atoms with Crippen LogP contribution in [0.25, 0.3) is 11.2 Å². The van der Waals surface area contributed by atoms with Crippen molar-refractivity contribution in [3.05, 3.63) is 42.7 Å². The first kappa shape index (κ1) is 13.7. The third-order valence-corrected chi connectivity index (χ3v) is 4.65. The molecule has 8 heteroatoms. The fourth-order valence-corrected chi connectivity index (χ4v) is 3.20. The van der Waals surface area contributed by atoms with Gasteiger partial charge in [0.1, 0.15) is 5.01 Å². The van der Waals surface area contributed by atoms with Gasteiger partial charge in [0.25, 0.3) is 5.56 Å². The molecule has 0 aliphatic heterocycles. The predicted molar refractivity (Wildman–Crippen MR) is 80.9 cm³/mol. The molecule has 7 nitrogen and oxygen atoms in total. The number of hydrogen-bond donors (Lipinski definition) is 0. The molecule has 0 aromatic carbocycles. The highest BCUT2D eigenvalue weighted by Gasteiger charge is 2.15. The van der Waals surface area contributed by atoms with Crippen LogP contribution >= 0.6 is 11.3 Å². The van der Waals surface area contributed by atoms with Crippen molar-refractivity contribution in [2.75, 3.05) is 0 Å². The molecular weight excluding hydrogens is 290 g/mol. The number of aryl methyl sites for hydroxylation is 3. The van der Waals surface area contributed by atoms with Crippen LogP contribution in [0.15, 0.2) is 15.9 Å². The average molecular weight is 305 g/mol. The van der Waals surface area contributed by atoms with Crippen LogP contribution in [0.5, 0.6) is 0 Å². The lowest BCUT2D eigenvalue weighted by atomic mass is 10.4. The summed E-state index contributed by atoms with van der Waals surface area (Å²) in [7, 11) is 3.08. The van der Waals surface area contributed by atoms with Crippen molar-refractivity contribution in [1.29, 1.82) is 0 Å². The van der Waals surface area contributed by atoms with Crippen molar-refractivity contribution >= 4 is 22.5 Å². The highest BCUT2D eigenvalue weighted by molar-refractivity contribution is 7.11. The Labute approximate surface area is 124 Å². The van der Waals surface area contributed by atoms with Gasteiger partial charge in [-0.05, 0) is 13.8 Å². The van der Waals surface area contributed by atoms with Crippen LogP contribution in [0.4, 0.5) is 0 Å². The molecule has 0 aliphatic carbocycles. The molecule has 0 N–H and O–H groups in total. The lowest BCUT2D eigenvalue weighted by Gasteiger charge is -2.05. The molecule has 110 valence electrons. The van der Waals surface area contributed by atoms with E-state index in [0.29, 0.717) is 17.7 Å². The Morgan fingerprint density at radius 1 is 1.19 bits per heavy atom. The zero-order chi connectivity index (χ0) is 15.3. The van der Waals surface area contributed by atoms with Crippen molar-refractivity contribution < 1.29 is 0 Å². The second kappa shape index (κ2) is 4.66. The summed E-state index contributed by atoms with van der Waals surface area (Å²) in [4.78, 5) is 34.0. The molecule has 0 bridgehead atoms. The summed E-state index contributed by atoms with van der Waals surface area (Å²) in [5.74, 6) is 0. The number of rotatable bonds is 2. The first-order valence-electron chi connectivity index (χ1n) is 6.44. The fraction of sp³-hybridized carbons (Fsp3) is 0.385. The third kappa shape index (κ3) is 2.02. The van der Waals surface area contributed by atoms with E-state index in [1.165, 1.54) is 11.6 Å². The minimum absolute atomic E-state index is 0.337. The molecule has 0 atom stereocenters. The summed E-state index contributed by atoms with van der Waals surface area (Å²) < 4.78 is 4.22. The Morgan fingerprint density at radius 3 is 2.52 bits per heavy atom. The summed E-state index contributed by atoms with van der Waals surface area (Å²) in [6, 6.07) is 0. The summed E-state index contributed by atoms with van der Waals surface area (Å²) >= 11 is 1.60. The molecule has 3 rings (SSSR count). The van der Waals surface area contributed by atoms with Crippen molar-refractivity contribution in [1.82, 2.24) is 23.7 Å². The number of hydrogen-bond acceptors (Lipinski definition) is 5. The van der Waals surface area contributed by atoms with Gasteiger partial charge in [0, 0.05) is 19.0 Å². The second-order valence-corrected chi connectivity index (χ2v) is 6.29. The molecule has 3 aromatic heterocycles. The van der Waals surface area contributed by atoms with Gasteiger partial charge in [-0.2, -0.15) is 0 Å². The molecule has 0 radical (unpaired) electrons. The van der Waals surface area contributed by atoms with Crippen molar-refractivity contribution in [2.45, 2.75) is 20.4 Å². The third-order valence-electron chi connectivity index (χ3n) is 3.60. The maximum Gasteiger partial charge on any atom is 0.332 e. The average Bonchev–Trinajstić information content (AvgIpc) is 2.99. The van der Waals surface area contributed by atoms with E-state index >= 15 is 0 Å². The minimum Gasteiger partial charge on any atom is -0.318 e. The topological polar surface area (TPSA) is 74.7 Å². The fourth-order valence-electron chi connectivity index (χ4n) is 2.27. The molecule has 3 aromatic rings. The molecule has 3 heterocycles. The van der Waals surface area contributed by atoms with Crippen LogP contribution in [0, 0.1) is 13.8 Å². The SMILES string of the molecule is Cc1nc(Cn2cnc3c2c(=O)n(C)c(=O)n3C)sc1C. The summed E-state index contributed by atoms with van der Waals surface area (Å²) in [6.07, 6.45) is 1.58. The Balaban J connectivity index is 2.21. The highest BCUT2D eigenvalue weighted by Crippen LogP contribution is 2.18. The van der Waals surface area contributed by atoms with Gasteiger partial charge >= 0.3 is 5.69 Å². The Kier molecular flexibility index (Phi) is 3.05. The highest BCUT2D eigenvalue weighted by atomic mass is 32.1. The first-order chi connectivity index (χ1) is 9.90. The number of aromatic nitrogens is 5. The maximum atomic E-state index is 12.3. The Morgan fingerprint density at radius 2 is 1.90 bits per heavy atom. The van der Waals surface area contributed by atoms with E-state index in [0.717, 1.165) is 20.1 Å². The lowest BCUT2D eigenvalue weighted by molar-refractivity contribution is 0.702. The molecule has 0 aliphatic rings. The summed E-state index contributed by atoms with van der Waals surface area (Å²) in [6.45, 7) is 4.46. The Bertz CT molecular complexity index is 940. The maximum absolute atomic E-state index is 12.3. The van der Waals surface area contributed by atoms with Gasteiger partial charge in [-0.25, -0.2) is 14.8 Å². The molecule has 0 saturated carbocycles. The van der Waals surface area contributed by atoms with Crippen molar-refractivity contribution in [3.8, 4) is 0 Å². The van der Waals surface area contributed by atoms with Gasteiger partial charge in [-0.15, -0.1) is 11.3 Å². The quantitative estimate of drug-likeness (QED) is 0.693. The molecule has 21 heavy (non-hydrogen) atoms. The zero-order valence-corrected chi connectivity index (χ0v) is 13.1. The van der Waals surface area contributed by atoms with Crippen LogP contribution in [-0.2, 0) is 20.6 Å². The first-order valence-corrected chi connectivity index (χ1v) is 7.25. The van der Waals surface area contributed by atoms with Crippen LogP contribution < -0.4 is 11.2 Å². The monoisotopic (exact) mass is 305 g/mol. The molecule has 0 spiro atoms. The predicted octanol–water partition coefficient (Wildman–Crippen LogP) is 0.555. The molecule has 0 fully saturated rings. The Hall–Kier alpha value is -2.22. The summed E-state index contributed by atoms with van der Waals surface area (Å²) in [5, 5.41) is 0.917. The largest absolute Gasteiger partial charge is 0.332 e. The molecule has 0 amide bonds. The standard InChI is InChI=1S/C13H15N5O2S/c1-7-8(2)21-9(15-7)5-18-6-14-11-10(18)12(19)17(4)13(20)16(11)3/h6H,5H2,1-4H3. The zero-order valence-electron chi connectivity index (χ0n) is 12.2. The van der Waals surface area contributed by atoms with E-state index in [1.54, 1.807) is 29.3 Å². The van der Waals surface area contributed by atoms with Gasteiger partial charge in [-0.3, -0.25) is 13.9 Å². The van der Waals surface area contributed by atoms with Gasteiger partial charge in [-0.1, -0.05) is 0 Å². The van der Waals surface area contributed by atoms with Crippen LogP contribution in [0.3, 0.4) is 0 Å². The van der Waals surface area contributed by atoms with E-state index in [-0.39, 0.29) is 11.2 Å². The molecular formula is C13H15N5O2S. The second-order valence-electron chi connectivity index (χ2n) is 5.00. The van der Waals surface area contributed by atoms with Crippen LogP contribution in [0.2, 0.25) is 0 Å². The number of fused-ring (bicyclic) bond motifs is 1. The van der Waals surface area contributed by atoms with Gasteiger partial charge in [0.2, 0.25) is 0 Å². The van der Waals surface area contributed by atoms with Gasteiger partial charge in [0.05, 0.1) is 18.6 Å². The number of thiazole rings is 1. The molecule has 0 saturated heterocycles. The van der Waals surface area contributed by atoms with Crippen molar-refractivity contribution in [3.63, 3.8) is 0 Å². The van der Waals surface area contributed by atoms with Gasteiger partial charge in [0.15, 0.2) is 11.2 Å². The van der Waals surface area contributed by atoms with Crippen LogP contribution in [0.1, 0.15) is 15.6 Å². The minimum atomic E-state index is -0.376. The van der Waals surface area contributed by atoms with E-state index in [1.807, 2.05) is 13.8 Å². The van der Waals surface area contributed by atoms with Gasteiger partial charge < -0.3 is 4.57 Å². The summed E-state index contributed by atoms with van der Waals surface area (Å²) in [5.41, 5.74) is 1.10. The van der Waals surface area contributed by atoms with E-state index in [9.17, 15) is 9.59 Å². The van der Waals surface area contributed by atoms with Crippen LogP contribution in [-0.4, -0.2) is 23.7 Å². The van der Waals surface area contributed by atoms with E-state index in [4.69, 9.17) is 0 Å². The normalized spacial score (nSPS) is 11.4. The number of nitrogens with zero attached hydrogens (tertiary/aromatic N) is 5. The molecule has 0 unspecified atom stereocenters. The van der Waals surface area contributed by atoms with E-state index in [2.05, 4.69) is 9.97 Å². The number of imidazole rings is 1. The van der Waals surface area contributed by atoms with E-state index < -0.39 is 0 Å². The smallest absolute Gasteiger partial charge is 0.318 e.